The third-order valence-electron chi connectivity index (χ3n) is 2.57. The summed E-state index contributed by atoms with van der Waals surface area (Å²) < 4.78 is 6.51. The van der Waals surface area contributed by atoms with Crippen LogP contribution in [0.2, 0.25) is 0 Å². The molecule has 4 heteroatoms. The van der Waals surface area contributed by atoms with Crippen LogP contribution in [0.1, 0.15) is 33.8 Å². The number of ketones is 1. The number of halogens is 1. The van der Waals surface area contributed by atoms with Crippen molar-refractivity contribution >= 4 is 33.0 Å². The molecule has 0 saturated carbocycles. The first-order valence-corrected chi connectivity index (χ1v) is 6.71. The van der Waals surface area contributed by atoms with Gasteiger partial charge in [-0.15, -0.1) is 11.3 Å². The Labute approximate surface area is 102 Å². The van der Waals surface area contributed by atoms with Crippen molar-refractivity contribution < 1.29 is 9.53 Å². The Hall–Kier alpha value is -0.190. The minimum Gasteiger partial charge on any atom is -0.370 e. The SMILES string of the molecule is Cc1sc(C(=O)C2CCCCO2)cc1Br. The summed E-state index contributed by atoms with van der Waals surface area (Å²) in [4.78, 5) is 14.0. The minimum atomic E-state index is -0.205. The van der Waals surface area contributed by atoms with Gasteiger partial charge in [0.05, 0.1) is 4.88 Å². The second-order valence-corrected chi connectivity index (χ2v) is 5.84. The van der Waals surface area contributed by atoms with Gasteiger partial charge in [0.15, 0.2) is 0 Å². The summed E-state index contributed by atoms with van der Waals surface area (Å²) in [5.41, 5.74) is 0. The molecule has 2 heterocycles. The van der Waals surface area contributed by atoms with Crippen molar-refractivity contribution in [2.45, 2.75) is 32.3 Å². The van der Waals surface area contributed by atoms with Crippen LogP contribution < -0.4 is 0 Å². The molecule has 1 saturated heterocycles. The molecule has 1 aromatic heterocycles. The lowest BCUT2D eigenvalue weighted by Crippen LogP contribution is -2.27. The van der Waals surface area contributed by atoms with Crippen LogP contribution in [0.25, 0.3) is 0 Å². The van der Waals surface area contributed by atoms with E-state index in [0.717, 1.165) is 40.1 Å². The Morgan fingerprint density at radius 2 is 2.40 bits per heavy atom. The van der Waals surface area contributed by atoms with E-state index in [1.807, 2.05) is 13.0 Å². The lowest BCUT2D eigenvalue weighted by atomic mass is 10.0. The fraction of sp³-hybridized carbons (Fsp3) is 0.545. The molecule has 1 aliphatic heterocycles. The summed E-state index contributed by atoms with van der Waals surface area (Å²) in [5, 5.41) is 0. The average molecular weight is 289 g/mol. The van der Waals surface area contributed by atoms with E-state index < -0.39 is 0 Å². The molecule has 0 spiro atoms. The van der Waals surface area contributed by atoms with E-state index in [1.54, 1.807) is 0 Å². The number of aryl methyl sites for hydroxylation is 1. The molecule has 2 rings (SSSR count). The molecule has 1 aromatic rings. The van der Waals surface area contributed by atoms with Gasteiger partial charge in [0.25, 0.3) is 0 Å². The van der Waals surface area contributed by atoms with Crippen molar-refractivity contribution in [1.29, 1.82) is 0 Å². The molecule has 82 valence electrons. The zero-order valence-corrected chi connectivity index (χ0v) is 11.0. The van der Waals surface area contributed by atoms with Crippen LogP contribution >= 0.6 is 27.3 Å². The highest BCUT2D eigenvalue weighted by molar-refractivity contribution is 9.10. The molecule has 15 heavy (non-hydrogen) atoms. The third-order valence-corrected chi connectivity index (χ3v) is 4.72. The zero-order valence-electron chi connectivity index (χ0n) is 8.59. The molecule has 1 unspecified atom stereocenters. The highest BCUT2D eigenvalue weighted by Gasteiger charge is 2.24. The number of Topliss-reactive ketones (excluding diaryl/α,β-unsaturated/α-hetero) is 1. The largest absolute Gasteiger partial charge is 0.370 e. The van der Waals surface area contributed by atoms with Gasteiger partial charge in [0, 0.05) is 16.0 Å². The summed E-state index contributed by atoms with van der Waals surface area (Å²) in [6, 6.07) is 1.90. The van der Waals surface area contributed by atoms with Crippen molar-refractivity contribution in [2.75, 3.05) is 6.61 Å². The second-order valence-electron chi connectivity index (χ2n) is 3.73. The molecule has 0 bridgehead atoms. The van der Waals surface area contributed by atoms with Gasteiger partial charge in [-0.1, -0.05) is 0 Å². The molecule has 1 fully saturated rings. The first-order chi connectivity index (χ1) is 7.18. The fourth-order valence-corrected chi connectivity index (χ4v) is 3.21. The van der Waals surface area contributed by atoms with E-state index in [1.165, 1.54) is 11.3 Å². The first kappa shape index (κ1) is 11.3. The number of thiophene rings is 1. The molecule has 0 aliphatic carbocycles. The van der Waals surface area contributed by atoms with Crippen molar-refractivity contribution in [3.63, 3.8) is 0 Å². The quantitative estimate of drug-likeness (QED) is 0.778. The molecule has 0 amide bonds. The number of hydrogen-bond donors (Lipinski definition) is 0. The maximum atomic E-state index is 12.0. The lowest BCUT2D eigenvalue weighted by Gasteiger charge is -2.20. The molecule has 0 radical (unpaired) electrons. The highest BCUT2D eigenvalue weighted by atomic mass is 79.9. The van der Waals surface area contributed by atoms with E-state index >= 15 is 0 Å². The van der Waals surface area contributed by atoms with Gasteiger partial charge in [-0.25, -0.2) is 0 Å². The summed E-state index contributed by atoms with van der Waals surface area (Å²) >= 11 is 4.97. The Morgan fingerprint density at radius 1 is 1.60 bits per heavy atom. The van der Waals surface area contributed by atoms with E-state index in [0.29, 0.717) is 0 Å². The van der Waals surface area contributed by atoms with Crippen LogP contribution in [0.4, 0.5) is 0 Å². The van der Waals surface area contributed by atoms with Crippen molar-refractivity contribution in [3.05, 3.63) is 20.3 Å². The third kappa shape index (κ3) is 2.49. The van der Waals surface area contributed by atoms with Crippen LogP contribution in [0.5, 0.6) is 0 Å². The topological polar surface area (TPSA) is 26.3 Å². The number of carbonyl (C=O) groups excluding carboxylic acids is 1. The van der Waals surface area contributed by atoms with Crippen LogP contribution in [0.15, 0.2) is 10.5 Å². The van der Waals surface area contributed by atoms with E-state index in [-0.39, 0.29) is 11.9 Å². The van der Waals surface area contributed by atoms with Gasteiger partial charge in [0.1, 0.15) is 6.10 Å². The second kappa shape index (κ2) is 4.76. The normalized spacial score (nSPS) is 21.6. The first-order valence-electron chi connectivity index (χ1n) is 5.10. The maximum Gasteiger partial charge on any atom is 0.201 e. The average Bonchev–Trinajstić information content (AvgIpc) is 2.59. The molecular formula is C11H13BrO2S. The number of ether oxygens (including phenoxy) is 1. The standard InChI is InChI=1S/C11H13BrO2S/c1-7-8(12)6-10(15-7)11(13)9-4-2-3-5-14-9/h6,9H,2-5H2,1H3. The van der Waals surface area contributed by atoms with E-state index in [4.69, 9.17) is 4.74 Å². The Balaban J connectivity index is 2.12. The molecule has 2 nitrogen and oxygen atoms in total. The predicted octanol–water partition coefficient (Wildman–Crippen LogP) is 3.57. The Kier molecular flexibility index (Phi) is 3.59. The molecule has 0 N–H and O–H groups in total. The fourth-order valence-electron chi connectivity index (χ4n) is 1.69. The summed E-state index contributed by atoms with van der Waals surface area (Å²) in [7, 11) is 0. The number of carbonyl (C=O) groups is 1. The van der Waals surface area contributed by atoms with Crippen LogP contribution in [0, 0.1) is 6.92 Å². The Morgan fingerprint density at radius 3 is 2.93 bits per heavy atom. The Bertz CT molecular complexity index is 347. The smallest absolute Gasteiger partial charge is 0.201 e. The van der Waals surface area contributed by atoms with Gasteiger partial charge < -0.3 is 4.74 Å². The molecule has 1 atom stereocenters. The summed E-state index contributed by atoms with van der Waals surface area (Å²) in [6.45, 7) is 2.73. The van der Waals surface area contributed by atoms with Crippen LogP contribution in [-0.4, -0.2) is 18.5 Å². The van der Waals surface area contributed by atoms with Gasteiger partial charge in [0.2, 0.25) is 5.78 Å². The minimum absolute atomic E-state index is 0.147. The van der Waals surface area contributed by atoms with E-state index in [9.17, 15) is 4.79 Å². The van der Waals surface area contributed by atoms with Crippen LogP contribution in [-0.2, 0) is 4.74 Å². The van der Waals surface area contributed by atoms with Crippen LogP contribution in [0.3, 0.4) is 0 Å². The predicted molar refractivity (Wildman–Crippen MR) is 64.7 cm³/mol. The molecule has 0 aromatic carbocycles. The maximum absolute atomic E-state index is 12.0. The monoisotopic (exact) mass is 288 g/mol. The van der Waals surface area contributed by atoms with Gasteiger partial charge in [-0.2, -0.15) is 0 Å². The lowest BCUT2D eigenvalue weighted by molar-refractivity contribution is 0.0189. The highest BCUT2D eigenvalue weighted by Crippen LogP contribution is 2.29. The number of rotatable bonds is 2. The number of hydrogen-bond acceptors (Lipinski definition) is 3. The molecular weight excluding hydrogens is 276 g/mol. The van der Waals surface area contributed by atoms with Gasteiger partial charge in [-0.05, 0) is 48.2 Å². The van der Waals surface area contributed by atoms with Gasteiger partial charge >= 0.3 is 0 Å². The molecule has 1 aliphatic rings. The van der Waals surface area contributed by atoms with E-state index in [2.05, 4.69) is 15.9 Å². The summed E-state index contributed by atoms with van der Waals surface area (Å²) in [6.07, 6.45) is 2.84. The zero-order chi connectivity index (χ0) is 10.8. The van der Waals surface area contributed by atoms with Gasteiger partial charge in [-0.3, -0.25) is 4.79 Å². The van der Waals surface area contributed by atoms with Crippen molar-refractivity contribution in [3.8, 4) is 0 Å². The summed E-state index contributed by atoms with van der Waals surface area (Å²) in [5.74, 6) is 0.147. The van der Waals surface area contributed by atoms with Crippen molar-refractivity contribution in [2.24, 2.45) is 0 Å². The van der Waals surface area contributed by atoms with Crippen molar-refractivity contribution in [1.82, 2.24) is 0 Å².